The topological polar surface area (TPSA) is 41.3 Å². The van der Waals surface area contributed by atoms with Crippen molar-refractivity contribution in [2.75, 3.05) is 19.6 Å². The molecule has 0 spiro atoms. The molecule has 1 N–H and O–H groups in total. The maximum absolute atomic E-state index is 10.5. The maximum atomic E-state index is 10.5. The van der Waals surface area contributed by atoms with Crippen LogP contribution in [0.3, 0.4) is 0 Å². The van der Waals surface area contributed by atoms with Crippen LogP contribution in [0.15, 0.2) is 42.7 Å². The molecule has 0 amide bonds. The van der Waals surface area contributed by atoms with Crippen molar-refractivity contribution in [2.24, 2.45) is 0 Å². The van der Waals surface area contributed by atoms with E-state index in [1.165, 1.54) is 11.1 Å². The number of benzene rings is 1. The molecule has 4 heteroatoms. The lowest BCUT2D eigenvalue weighted by Gasteiger charge is -2.25. The third kappa shape index (κ3) is 3.39. The van der Waals surface area contributed by atoms with Gasteiger partial charge < -0.3 is 5.11 Å². The molecule has 1 aliphatic rings. The molecule has 1 fully saturated rings. The van der Waals surface area contributed by atoms with Gasteiger partial charge in [0.05, 0.1) is 18.3 Å². The quantitative estimate of drug-likeness (QED) is 0.922. The lowest BCUT2D eigenvalue weighted by molar-refractivity contribution is 0.103. The number of β-amino-alcohol motifs (C(OH)–C–C–N with tert-alkyl or cyclic N) is 1. The summed E-state index contributed by atoms with van der Waals surface area (Å²) >= 11 is 0. The van der Waals surface area contributed by atoms with E-state index in [0.29, 0.717) is 6.04 Å². The summed E-state index contributed by atoms with van der Waals surface area (Å²) in [4.78, 5) is 2.35. The molecule has 3 rings (SSSR count). The molecule has 118 valence electrons. The van der Waals surface area contributed by atoms with Gasteiger partial charge in [-0.15, -0.1) is 0 Å². The summed E-state index contributed by atoms with van der Waals surface area (Å²) in [6.07, 6.45) is 4.79. The van der Waals surface area contributed by atoms with Crippen LogP contribution in [0.5, 0.6) is 0 Å². The first kappa shape index (κ1) is 15.3. The van der Waals surface area contributed by atoms with Gasteiger partial charge in [-0.05, 0) is 24.5 Å². The Kier molecular flexibility index (Phi) is 4.60. The van der Waals surface area contributed by atoms with Crippen LogP contribution < -0.4 is 0 Å². The Morgan fingerprint density at radius 2 is 2.09 bits per heavy atom. The van der Waals surface area contributed by atoms with Crippen LogP contribution in [0.1, 0.15) is 36.4 Å². The number of rotatable bonds is 5. The van der Waals surface area contributed by atoms with Gasteiger partial charge in [-0.3, -0.25) is 9.58 Å². The molecule has 2 aromatic rings. The van der Waals surface area contributed by atoms with Crippen molar-refractivity contribution in [3.05, 3.63) is 53.9 Å². The van der Waals surface area contributed by atoms with Gasteiger partial charge in [0.25, 0.3) is 0 Å². The van der Waals surface area contributed by atoms with Gasteiger partial charge in [0.1, 0.15) is 0 Å². The normalized spacial score (nSPS) is 21.9. The van der Waals surface area contributed by atoms with E-state index in [2.05, 4.69) is 46.9 Å². The van der Waals surface area contributed by atoms with E-state index in [1.54, 1.807) is 0 Å². The summed E-state index contributed by atoms with van der Waals surface area (Å²) in [5.74, 6) is 0.159. The second kappa shape index (κ2) is 6.63. The highest BCUT2D eigenvalue weighted by atomic mass is 16.3. The van der Waals surface area contributed by atoms with Gasteiger partial charge in [-0.1, -0.05) is 37.3 Å². The third-order valence-electron chi connectivity index (χ3n) is 4.70. The SMILES string of the molecule is Cc1cnn(C2CCN(CC(O)C(C)c3ccccc3)C2)c1. The lowest BCUT2D eigenvalue weighted by Crippen LogP contribution is -2.34. The number of likely N-dealkylation sites (tertiary alicyclic amines) is 1. The fourth-order valence-corrected chi connectivity index (χ4v) is 3.23. The fraction of sp³-hybridized carbons (Fsp3) is 0.500. The van der Waals surface area contributed by atoms with Crippen LogP contribution in [0.4, 0.5) is 0 Å². The molecule has 3 atom stereocenters. The van der Waals surface area contributed by atoms with E-state index in [0.717, 1.165) is 26.1 Å². The first-order valence-electron chi connectivity index (χ1n) is 8.09. The van der Waals surface area contributed by atoms with E-state index in [4.69, 9.17) is 0 Å². The molecule has 22 heavy (non-hydrogen) atoms. The van der Waals surface area contributed by atoms with E-state index < -0.39 is 0 Å². The van der Waals surface area contributed by atoms with Gasteiger partial charge in [0, 0.05) is 31.7 Å². The van der Waals surface area contributed by atoms with Gasteiger partial charge >= 0.3 is 0 Å². The largest absolute Gasteiger partial charge is 0.391 e. The van der Waals surface area contributed by atoms with E-state index in [-0.39, 0.29) is 12.0 Å². The molecule has 1 aromatic heterocycles. The molecule has 1 aliphatic heterocycles. The highest BCUT2D eigenvalue weighted by molar-refractivity contribution is 5.20. The Hall–Kier alpha value is -1.65. The van der Waals surface area contributed by atoms with E-state index in [9.17, 15) is 5.11 Å². The third-order valence-corrected chi connectivity index (χ3v) is 4.70. The summed E-state index contributed by atoms with van der Waals surface area (Å²) in [5, 5.41) is 14.9. The highest BCUT2D eigenvalue weighted by Gasteiger charge is 2.27. The Balaban J connectivity index is 1.55. The molecule has 0 aliphatic carbocycles. The second-order valence-electron chi connectivity index (χ2n) is 6.47. The van der Waals surface area contributed by atoms with E-state index in [1.807, 2.05) is 24.4 Å². The Morgan fingerprint density at radius 1 is 1.32 bits per heavy atom. The van der Waals surface area contributed by atoms with Crippen LogP contribution in [0.2, 0.25) is 0 Å². The average molecular weight is 299 g/mol. The average Bonchev–Trinajstić information content (AvgIpc) is 3.16. The minimum Gasteiger partial charge on any atom is -0.391 e. The fourth-order valence-electron chi connectivity index (χ4n) is 3.23. The Labute approximate surface area is 132 Å². The van der Waals surface area contributed by atoms with Crippen molar-refractivity contribution in [1.82, 2.24) is 14.7 Å². The zero-order valence-corrected chi connectivity index (χ0v) is 13.4. The summed E-state index contributed by atoms with van der Waals surface area (Å²) in [5.41, 5.74) is 2.41. The second-order valence-corrected chi connectivity index (χ2v) is 6.47. The zero-order chi connectivity index (χ0) is 15.5. The number of aromatic nitrogens is 2. The molecular weight excluding hydrogens is 274 g/mol. The number of nitrogens with zero attached hydrogens (tertiary/aromatic N) is 3. The van der Waals surface area contributed by atoms with Crippen molar-refractivity contribution in [3.8, 4) is 0 Å². The van der Waals surface area contributed by atoms with E-state index >= 15 is 0 Å². The maximum Gasteiger partial charge on any atom is 0.0732 e. The molecule has 0 radical (unpaired) electrons. The molecule has 1 saturated heterocycles. The van der Waals surface area contributed by atoms with Crippen LogP contribution in [0.25, 0.3) is 0 Å². The van der Waals surface area contributed by atoms with Gasteiger partial charge in [-0.25, -0.2) is 0 Å². The molecular formula is C18H25N3O. The van der Waals surface area contributed by atoms with Gasteiger partial charge in [0.2, 0.25) is 0 Å². The molecule has 0 saturated carbocycles. The van der Waals surface area contributed by atoms with Crippen LogP contribution >= 0.6 is 0 Å². The summed E-state index contributed by atoms with van der Waals surface area (Å²) in [6, 6.07) is 10.7. The molecule has 3 unspecified atom stereocenters. The smallest absolute Gasteiger partial charge is 0.0732 e. The Morgan fingerprint density at radius 3 is 2.77 bits per heavy atom. The first-order valence-corrected chi connectivity index (χ1v) is 8.09. The minimum absolute atomic E-state index is 0.159. The van der Waals surface area contributed by atoms with Gasteiger partial charge in [-0.2, -0.15) is 5.10 Å². The number of aliphatic hydroxyl groups is 1. The van der Waals surface area contributed by atoms with Crippen LogP contribution in [-0.4, -0.2) is 45.5 Å². The molecule has 1 aromatic carbocycles. The van der Waals surface area contributed by atoms with Crippen molar-refractivity contribution in [3.63, 3.8) is 0 Å². The van der Waals surface area contributed by atoms with Crippen molar-refractivity contribution in [2.45, 2.75) is 38.3 Å². The predicted octanol–water partition coefficient (Wildman–Crippen LogP) is 2.60. The monoisotopic (exact) mass is 299 g/mol. The van der Waals surface area contributed by atoms with Crippen LogP contribution in [0, 0.1) is 6.92 Å². The van der Waals surface area contributed by atoms with Crippen molar-refractivity contribution in [1.29, 1.82) is 0 Å². The lowest BCUT2D eigenvalue weighted by atomic mass is 9.95. The molecule has 0 bridgehead atoms. The predicted molar refractivity (Wildman–Crippen MR) is 87.9 cm³/mol. The van der Waals surface area contributed by atoms with Gasteiger partial charge in [0.15, 0.2) is 0 Å². The number of hydrogen-bond acceptors (Lipinski definition) is 3. The highest BCUT2D eigenvalue weighted by Crippen LogP contribution is 2.24. The summed E-state index contributed by atoms with van der Waals surface area (Å²) < 4.78 is 2.07. The summed E-state index contributed by atoms with van der Waals surface area (Å²) in [7, 11) is 0. The standard InChI is InChI=1S/C18H25N3O/c1-14-10-19-21(11-14)17-8-9-20(12-17)13-18(22)15(2)16-6-4-3-5-7-16/h3-7,10-11,15,17-18,22H,8-9,12-13H2,1-2H3. The van der Waals surface area contributed by atoms with Crippen molar-refractivity contribution < 1.29 is 5.11 Å². The number of aliphatic hydroxyl groups excluding tert-OH is 1. The minimum atomic E-state index is -0.333. The zero-order valence-electron chi connectivity index (χ0n) is 13.4. The summed E-state index contributed by atoms with van der Waals surface area (Å²) in [6.45, 7) is 6.90. The first-order chi connectivity index (χ1) is 10.6. The number of hydrogen-bond donors (Lipinski definition) is 1. The molecule has 4 nitrogen and oxygen atoms in total. The van der Waals surface area contributed by atoms with Crippen molar-refractivity contribution >= 4 is 0 Å². The number of aryl methyl sites for hydroxylation is 1. The molecule has 2 heterocycles. The Bertz CT molecular complexity index is 595. The van der Waals surface area contributed by atoms with Crippen LogP contribution in [-0.2, 0) is 0 Å².